The van der Waals surface area contributed by atoms with E-state index in [9.17, 15) is 20.1 Å². The molecule has 0 aromatic rings. The summed E-state index contributed by atoms with van der Waals surface area (Å²) in [5, 5.41) is 38.5. The second kappa shape index (κ2) is 12.5. The van der Waals surface area contributed by atoms with Gasteiger partial charge in [0.05, 0.1) is 12.7 Å². The maximum absolute atomic E-state index is 12.0. The highest BCUT2D eigenvalue weighted by molar-refractivity contribution is 5.90. The van der Waals surface area contributed by atoms with E-state index in [0.29, 0.717) is 0 Å². The molecule has 0 spiro atoms. The van der Waals surface area contributed by atoms with E-state index in [4.69, 9.17) is 9.84 Å². The fourth-order valence-corrected chi connectivity index (χ4v) is 3.05. The molecule has 0 amide bonds. The van der Waals surface area contributed by atoms with Gasteiger partial charge in [0, 0.05) is 6.42 Å². The number of ketones is 1. The normalized spacial score (nSPS) is 30.0. The van der Waals surface area contributed by atoms with Crippen LogP contribution in [0.5, 0.6) is 0 Å². The van der Waals surface area contributed by atoms with Crippen LogP contribution in [0.2, 0.25) is 0 Å². The van der Waals surface area contributed by atoms with Gasteiger partial charge in [0.1, 0.15) is 24.4 Å². The van der Waals surface area contributed by atoms with Crippen molar-refractivity contribution in [2.24, 2.45) is 0 Å². The van der Waals surface area contributed by atoms with Crippen LogP contribution in [0, 0.1) is 0 Å². The molecule has 6 nitrogen and oxygen atoms in total. The molecule has 25 heavy (non-hydrogen) atoms. The molecule has 0 radical (unpaired) electrons. The minimum atomic E-state index is -1.43. The van der Waals surface area contributed by atoms with Crippen molar-refractivity contribution in [3.63, 3.8) is 0 Å². The first-order chi connectivity index (χ1) is 12.0. The van der Waals surface area contributed by atoms with Gasteiger partial charge in [0.15, 0.2) is 5.78 Å². The van der Waals surface area contributed by atoms with E-state index in [2.05, 4.69) is 6.92 Å². The summed E-state index contributed by atoms with van der Waals surface area (Å²) in [5.41, 5.74) is 0. The van der Waals surface area contributed by atoms with Crippen molar-refractivity contribution >= 4 is 5.78 Å². The van der Waals surface area contributed by atoms with Crippen molar-refractivity contribution in [2.75, 3.05) is 6.61 Å². The zero-order valence-corrected chi connectivity index (χ0v) is 15.2. The fourth-order valence-electron chi connectivity index (χ4n) is 3.05. The van der Waals surface area contributed by atoms with E-state index in [1.807, 2.05) is 6.08 Å². The van der Waals surface area contributed by atoms with Crippen molar-refractivity contribution in [1.29, 1.82) is 0 Å². The molecular weight excluding hydrogens is 324 g/mol. The molecule has 0 unspecified atom stereocenters. The lowest BCUT2D eigenvalue weighted by Crippen LogP contribution is -2.58. The van der Waals surface area contributed by atoms with Gasteiger partial charge < -0.3 is 25.2 Å². The molecule has 1 fully saturated rings. The Hall–Kier alpha value is -0.790. The first-order valence-corrected chi connectivity index (χ1v) is 9.51. The Morgan fingerprint density at radius 3 is 2.16 bits per heavy atom. The van der Waals surface area contributed by atoms with E-state index in [1.54, 1.807) is 0 Å². The lowest BCUT2D eigenvalue weighted by Gasteiger charge is -2.39. The van der Waals surface area contributed by atoms with Crippen LogP contribution in [0.25, 0.3) is 0 Å². The van der Waals surface area contributed by atoms with Crippen molar-refractivity contribution < 1.29 is 30.0 Å². The van der Waals surface area contributed by atoms with Crippen molar-refractivity contribution in [2.45, 2.75) is 95.2 Å². The SMILES string of the molecule is CCCCCCCCCC=CC(=O)C[C@@H]1O[C@H](CO)[C@@H](O)[C@H](O)[C@H]1O. The van der Waals surface area contributed by atoms with Crippen LogP contribution in [-0.2, 0) is 9.53 Å². The van der Waals surface area contributed by atoms with Gasteiger partial charge in [-0.2, -0.15) is 0 Å². The highest BCUT2D eigenvalue weighted by Gasteiger charge is 2.43. The van der Waals surface area contributed by atoms with Gasteiger partial charge >= 0.3 is 0 Å². The third-order valence-corrected chi connectivity index (χ3v) is 4.67. The highest BCUT2D eigenvalue weighted by atomic mass is 16.5. The van der Waals surface area contributed by atoms with Crippen molar-refractivity contribution in [3.05, 3.63) is 12.2 Å². The number of aliphatic hydroxyl groups is 4. The molecule has 0 aliphatic carbocycles. The highest BCUT2D eigenvalue weighted by Crippen LogP contribution is 2.23. The summed E-state index contributed by atoms with van der Waals surface area (Å²) in [7, 11) is 0. The standard InChI is InChI=1S/C19H34O6/c1-2-3-4-5-6-7-8-9-10-11-14(21)12-15-17(22)19(24)18(23)16(13-20)25-15/h10-11,15-20,22-24H,2-9,12-13H2,1H3/t15-,16+,17-,18+,19+/m0/s1. The number of aliphatic hydroxyl groups excluding tert-OH is 4. The number of carbonyl (C=O) groups is 1. The molecule has 1 heterocycles. The first kappa shape index (κ1) is 22.3. The number of unbranched alkanes of at least 4 members (excludes halogenated alkanes) is 7. The lowest BCUT2D eigenvalue weighted by molar-refractivity contribution is -0.229. The van der Waals surface area contributed by atoms with Gasteiger partial charge in [-0.1, -0.05) is 51.5 Å². The van der Waals surface area contributed by atoms with Gasteiger partial charge in [0.25, 0.3) is 0 Å². The van der Waals surface area contributed by atoms with E-state index >= 15 is 0 Å². The smallest absolute Gasteiger partial charge is 0.158 e. The number of ether oxygens (including phenoxy) is 1. The van der Waals surface area contributed by atoms with Crippen molar-refractivity contribution in [3.8, 4) is 0 Å². The largest absolute Gasteiger partial charge is 0.394 e. The van der Waals surface area contributed by atoms with Crippen LogP contribution in [0.1, 0.15) is 64.7 Å². The second-order valence-electron chi connectivity index (χ2n) is 6.85. The Balaban J connectivity index is 2.24. The average Bonchev–Trinajstić information content (AvgIpc) is 2.60. The Bertz CT molecular complexity index is 395. The van der Waals surface area contributed by atoms with E-state index in [-0.39, 0.29) is 12.2 Å². The molecule has 0 bridgehead atoms. The predicted octanol–water partition coefficient (Wildman–Crippen LogP) is 1.48. The van der Waals surface area contributed by atoms with Gasteiger partial charge in [-0.15, -0.1) is 0 Å². The molecule has 1 saturated heterocycles. The third kappa shape index (κ3) is 7.96. The average molecular weight is 358 g/mol. The number of allylic oxidation sites excluding steroid dienone is 2. The van der Waals surface area contributed by atoms with Crippen LogP contribution < -0.4 is 0 Å². The van der Waals surface area contributed by atoms with Crippen molar-refractivity contribution in [1.82, 2.24) is 0 Å². The maximum atomic E-state index is 12.0. The summed E-state index contributed by atoms with van der Waals surface area (Å²) < 4.78 is 5.33. The molecule has 4 N–H and O–H groups in total. The summed E-state index contributed by atoms with van der Waals surface area (Å²) in [6.07, 6.45) is 6.57. The Kier molecular flexibility index (Phi) is 11.2. The topological polar surface area (TPSA) is 107 Å². The number of carbonyl (C=O) groups excluding carboxylic acids is 1. The Morgan fingerprint density at radius 1 is 0.920 bits per heavy atom. The fraction of sp³-hybridized carbons (Fsp3) is 0.842. The van der Waals surface area contributed by atoms with E-state index in [0.717, 1.165) is 19.3 Å². The molecule has 6 heteroatoms. The molecule has 146 valence electrons. The molecule has 0 aromatic carbocycles. The summed E-state index contributed by atoms with van der Waals surface area (Å²) in [4.78, 5) is 12.0. The quantitative estimate of drug-likeness (QED) is 0.311. The van der Waals surface area contributed by atoms with E-state index < -0.39 is 37.1 Å². The summed E-state index contributed by atoms with van der Waals surface area (Å²) in [5.74, 6) is -0.202. The first-order valence-electron chi connectivity index (χ1n) is 9.51. The van der Waals surface area contributed by atoms with Crippen LogP contribution in [-0.4, -0.2) is 63.3 Å². The third-order valence-electron chi connectivity index (χ3n) is 4.67. The molecular formula is C19H34O6. The van der Waals surface area contributed by atoms with E-state index in [1.165, 1.54) is 38.2 Å². The lowest BCUT2D eigenvalue weighted by atomic mass is 9.92. The van der Waals surface area contributed by atoms with Crippen LogP contribution in [0.3, 0.4) is 0 Å². The minimum absolute atomic E-state index is 0.0883. The molecule has 0 saturated carbocycles. The predicted molar refractivity (Wildman–Crippen MR) is 95.1 cm³/mol. The number of hydrogen-bond donors (Lipinski definition) is 4. The van der Waals surface area contributed by atoms with Gasteiger partial charge in [-0.3, -0.25) is 4.79 Å². The van der Waals surface area contributed by atoms with Gasteiger partial charge in [0.2, 0.25) is 0 Å². The summed E-state index contributed by atoms with van der Waals surface area (Å²) in [6.45, 7) is 1.72. The molecule has 0 aromatic heterocycles. The maximum Gasteiger partial charge on any atom is 0.158 e. The van der Waals surface area contributed by atoms with Crippen LogP contribution in [0.4, 0.5) is 0 Å². The Labute approximate surface area is 150 Å². The monoisotopic (exact) mass is 358 g/mol. The summed E-state index contributed by atoms with van der Waals surface area (Å²) in [6, 6.07) is 0. The van der Waals surface area contributed by atoms with Crippen LogP contribution in [0.15, 0.2) is 12.2 Å². The molecule has 5 atom stereocenters. The Morgan fingerprint density at radius 2 is 1.52 bits per heavy atom. The van der Waals surface area contributed by atoms with Crippen LogP contribution >= 0.6 is 0 Å². The molecule has 1 aliphatic heterocycles. The number of rotatable bonds is 12. The van der Waals surface area contributed by atoms with Gasteiger partial charge in [-0.05, 0) is 18.9 Å². The summed E-state index contributed by atoms with van der Waals surface area (Å²) >= 11 is 0. The zero-order chi connectivity index (χ0) is 18.7. The van der Waals surface area contributed by atoms with Gasteiger partial charge in [-0.25, -0.2) is 0 Å². The number of hydrogen-bond acceptors (Lipinski definition) is 6. The zero-order valence-electron chi connectivity index (χ0n) is 15.2. The minimum Gasteiger partial charge on any atom is -0.394 e. The molecule has 1 rings (SSSR count). The second-order valence-corrected chi connectivity index (χ2v) is 6.85. The molecule has 1 aliphatic rings.